The van der Waals surface area contributed by atoms with Gasteiger partial charge < -0.3 is 14.6 Å². The highest BCUT2D eigenvalue weighted by Crippen LogP contribution is 2.32. The molecule has 16 heavy (non-hydrogen) atoms. The molecule has 0 saturated heterocycles. The highest BCUT2D eigenvalue weighted by molar-refractivity contribution is 5.44. The van der Waals surface area contributed by atoms with E-state index in [4.69, 9.17) is 15.9 Å². The van der Waals surface area contributed by atoms with Gasteiger partial charge in [0.05, 0.1) is 6.10 Å². The number of hydrogen-bond acceptors (Lipinski definition) is 3. The zero-order chi connectivity index (χ0) is 11.4. The Balaban J connectivity index is 1.93. The standard InChI is InChI=1S/C13H14O3/c1-2-3-11(14)6-4-10-5-7-12-13(8-10)16-9-15-12/h1,5,7-8,11,14H,3-4,6,9H2. The van der Waals surface area contributed by atoms with Crippen LogP contribution in [0.1, 0.15) is 18.4 Å². The van der Waals surface area contributed by atoms with Crippen molar-refractivity contribution in [3.63, 3.8) is 0 Å². The second kappa shape index (κ2) is 4.91. The van der Waals surface area contributed by atoms with Crippen molar-refractivity contribution in [2.24, 2.45) is 0 Å². The Hall–Kier alpha value is -1.66. The molecular weight excluding hydrogens is 204 g/mol. The first-order valence-corrected chi connectivity index (χ1v) is 5.29. The van der Waals surface area contributed by atoms with Gasteiger partial charge in [-0.1, -0.05) is 6.07 Å². The summed E-state index contributed by atoms with van der Waals surface area (Å²) in [6.45, 7) is 0.290. The van der Waals surface area contributed by atoms with Gasteiger partial charge in [0.15, 0.2) is 11.5 Å². The summed E-state index contributed by atoms with van der Waals surface area (Å²) in [6.07, 6.45) is 6.57. The second-order valence-electron chi connectivity index (χ2n) is 3.79. The number of aliphatic hydroxyl groups is 1. The molecule has 0 amide bonds. The van der Waals surface area contributed by atoms with Crippen molar-refractivity contribution < 1.29 is 14.6 Å². The molecule has 0 aliphatic carbocycles. The molecule has 1 atom stereocenters. The lowest BCUT2D eigenvalue weighted by Crippen LogP contribution is -2.06. The van der Waals surface area contributed by atoms with E-state index >= 15 is 0 Å². The van der Waals surface area contributed by atoms with Gasteiger partial charge in [0, 0.05) is 6.42 Å². The Bertz CT molecular complexity index is 406. The largest absolute Gasteiger partial charge is 0.454 e. The van der Waals surface area contributed by atoms with Gasteiger partial charge in [-0.15, -0.1) is 12.3 Å². The maximum absolute atomic E-state index is 9.51. The van der Waals surface area contributed by atoms with E-state index in [1.165, 1.54) is 0 Å². The molecule has 1 N–H and O–H groups in total. The van der Waals surface area contributed by atoms with Crippen molar-refractivity contribution in [2.75, 3.05) is 6.79 Å². The fraction of sp³-hybridized carbons (Fsp3) is 0.385. The van der Waals surface area contributed by atoms with Crippen LogP contribution in [0.4, 0.5) is 0 Å². The van der Waals surface area contributed by atoms with Crippen molar-refractivity contribution in [1.82, 2.24) is 0 Å². The molecule has 3 heteroatoms. The minimum absolute atomic E-state index is 0.290. The molecule has 0 saturated carbocycles. The number of aryl methyl sites for hydroxylation is 1. The Labute approximate surface area is 95.0 Å². The molecule has 1 aliphatic rings. The minimum Gasteiger partial charge on any atom is -0.454 e. The molecular formula is C13H14O3. The van der Waals surface area contributed by atoms with E-state index < -0.39 is 6.10 Å². The van der Waals surface area contributed by atoms with E-state index in [1.807, 2.05) is 18.2 Å². The molecule has 0 radical (unpaired) electrons. The van der Waals surface area contributed by atoms with E-state index in [9.17, 15) is 5.11 Å². The van der Waals surface area contributed by atoms with Gasteiger partial charge in [0.1, 0.15) is 0 Å². The average Bonchev–Trinajstić information content (AvgIpc) is 2.74. The first kappa shape index (κ1) is 10.8. The van der Waals surface area contributed by atoms with Crippen LogP contribution in [0.2, 0.25) is 0 Å². The summed E-state index contributed by atoms with van der Waals surface area (Å²) in [7, 11) is 0. The third-order valence-corrected chi connectivity index (χ3v) is 2.56. The van der Waals surface area contributed by atoms with Gasteiger partial charge in [0.2, 0.25) is 6.79 Å². The van der Waals surface area contributed by atoms with E-state index in [0.29, 0.717) is 19.6 Å². The van der Waals surface area contributed by atoms with Crippen LogP contribution in [0.15, 0.2) is 18.2 Å². The molecule has 1 aromatic carbocycles. The Kier molecular flexibility index (Phi) is 3.33. The maximum Gasteiger partial charge on any atom is 0.231 e. The van der Waals surface area contributed by atoms with E-state index in [-0.39, 0.29) is 0 Å². The number of hydrogen-bond donors (Lipinski definition) is 1. The molecule has 1 aromatic rings. The van der Waals surface area contributed by atoms with Gasteiger partial charge in [-0.3, -0.25) is 0 Å². The molecule has 1 aliphatic heterocycles. The number of ether oxygens (including phenoxy) is 2. The van der Waals surface area contributed by atoms with Crippen LogP contribution in [0.25, 0.3) is 0 Å². The van der Waals surface area contributed by atoms with Gasteiger partial charge in [-0.2, -0.15) is 0 Å². The summed E-state index contributed by atoms with van der Waals surface area (Å²) in [6, 6.07) is 5.83. The van der Waals surface area contributed by atoms with Crippen LogP contribution in [-0.2, 0) is 6.42 Å². The maximum atomic E-state index is 9.51. The van der Waals surface area contributed by atoms with Crippen LogP contribution in [0.3, 0.4) is 0 Å². The van der Waals surface area contributed by atoms with Gasteiger partial charge >= 0.3 is 0 Å². The molecule has 0 bridgehead atoms. The van der Waals surface area contributed by atoms with Crippen molar-refractivity contribution in [3.8, 4) is 23.8 Å². The quantitative estimate of drug-likeness (QED) is 0.782. The lowest BCUT2D eigenvalue weighted by atomic mass is 10.0. The monoisotopic (exact) mass is 218 g/mol. The molecule has 84 valence electrons. The SMILES string of the molecule is C#CCC(O)CCc1ccc2c(c1)OCO2. The predicted octanol–water partition coefficient (Wildman–Crippen LogP) is 1.73. The average molecular weight is 218 g/mol. The second-order valence-corrected chi connectivity index (χ2v) is 3.79. The normalized spacial score (nSPS) is 14.5. The minimum atomic E-state index is -0.421. The topological polar surface area (TPSA) is 38.7 Å². The van der Waals surface area contributed by atoms with Crippen molar-refractivity contribution in [3.05, 3.63) is 23.8 Å². The number of rotatable bonds is 4. The van der Waals surface area contributed by atoms with Crippen molar-refractivity contribution >= 4 is 0 Å². The molecule has 2 rings (SSSR count). The molecule has 1 unspecified atom stereocenters. The van der Waals surface area contributed by atoms with Crippen molar-refractivity contribution in [1.29, 1.82) is 0 Å². The van der Waals surface area contributed by atoms with Gasteiger partial charge in [0.25, 0.3) is 0 Å². The van der Waals surface area contributed by atoms with E-state index in [2.05, 4.69) is 5.92 Å². The van der Waals surface area contributed by atoms with Crippen molar-refractivity contribution in [2.45, 2.75) is 25.4 Å². The lowest BCUT2D eigenvalue weighted by molar-refractivity contribution is 0.170. The highest BCUT2D eigenvalue weighted by Gasteiger charge is 2.13. The number of fused-ring (bicyclic) bond motifs is 1. The van der Waals surface area contributed by atoms with Crippen LogP contribution in [-0.4, -0.2) is 18.0 Å². The fourth-order valence-electron chi connectivity index (χ4n) is 1.67. The number of benzene rings is 1. The Morgan fingerprint density at radius 1 is 1.38 bits per heavy atom. The van der Waals surface area contributed by atoms with E-state index in [1.54, 1.807) is 0 Å². The molecule has 0 fully saturated rings. The van der Waals surface area contributed by atoms with Gasteiger partial charge in [-0.05, 0) is 30.5 Å². The van der Waals surface area contributed by atoms with Crippen LogP contribution >= 0.6 is 0 Å². The lowest BCUT2D eigenvalue weighted by Gasteiger charge is -2.07. The molecule has 0 aromatic heterocycles. The summed E-state index contributed by atoms with van der Waals surface area (Å²) >= 11 is 0. The zero-order valence-corrected chi connectivity index (χ0v) is 8.98. The number of aliphatic hydroxyl groups excluding tert-OH is 1. The first-order chi connectivity index (χ1) is 7.79. The highest BCUT2D eigenvalue weighted by atomic mass is 16.7. The molecule has 3 nitrogen and oxygen atoms in total. The third kappa shape index (κ3) is 2.47. The third-order valence-electron chi connectivity index (χ3n) is 2.56. The summed E-state index contributed by atoms with van der Waals surface area (Å²) in [5.74, 6) is 4.02. The first-order valence-electron chi connectivity index (χ1n) is 5.29. The van der Waals surface area contributed by atoms with Crippen LogP contribution < -0.4 is 9.47 Å². The zero-order valence-electron chi connectivity index (χ0n) is 8.98. The Morgan fingerprint density at radius 3 is 3.00 bits per heavy atom. The summed E-state index contributed by atoms with van der Waals surface area (Å²) in [5, 5.41) is 9.51. The molecule has 0 spiro atoms. The molecule has 1 heterocycles. The van der Waals surface area contributed by atoms with Crippen LogP contribution in [0.5, 0.6) is 11.5 Å². The predicted molar refractivity (Wildman–Crippen MR) is 60.3 cm³/mol. The van der Waals surface area contributed by atoms with Gasteiger partial charge in [-0.25, -0.2) is 0 Å². The number of terminal acetylenes is 1. The summed E-state index contributed by atoms with van der Waals surface area (Å²) < 4.78 is 10.5. The Morgan fingerprint density at radius 2 is 2.19 bits per heavy atom. The summed E-state index contributed by atoms with van der Waals surface area (Å²) in [4.78, 5) is 0. The smallest absolute Gasteiger partial charge is 0.231 e. The summed E-state index contributed by atoms with van der Waals surface area (Å²) in [5.41, 5.74) is 1.13. The van der Waals surface area contributed by atoms with E-state index in [0.717, 1.165) is 23.5 Å². The van der Waals surface area contributed by atoms with Crippen LogP contribution in [0, 0.1) is 12.3 Å². The fourth-order valence-corrected chi connectivity index (χ4v) is 1.67.